The number of rotatable bonds is 3. The van der Waals surface area contributed by atoms with Gasteiger partial charge in [0, 0.05) is 0 Å². The Hall–Kier alpha value is -0.530. The van der Waals surface area contributed by atoms with Gasteiger partial charge in [-0.2, -0.15) is 0 Å². The van der Waals surface area contributed by atoms with Crippen LogP contribution in [0.5, 0.6) is 0 Å². The summed E-state index contributed by atoms with van der Waals surface area (Å²) in [7, 11) is 1.56. The molecule has 0 aromatic rings. The van der Waals surface area contributed by atoms with Crippen LogP contribution < -0.4 is 0 Å². The molecule has 3 rings (SSSR count). The van der Waals surface area contributed by atoms with E-state index in [1.807, 2.05) is 0 Å². The Morgan fingerprint density at radius 1 is 1.25 bits per heavy atom. The fourth-order valence-corrected chi connectivity index (χ4v) is 6.60. The first-order valence-electron chi connectivity index (χ1n) is 8.55. The number of ether oxygens (including phenoxy) is 1. The number of carbonyl (C=O) groups is 1. The first-order chi connectivity index (χ1) is 9.46. The standard InChI is InChI=1S/C18H30O2/c1-6-7-12-8-10(2)15-13-9-14(16(12)15)18(4,11(13)3)17(19)20-5/h10-16H,6-9H2,1-5H3. The Kier molecular flexibility index (Phi) is 3.42. The number of carbonyl (C=O) groups excluding carboxylic acids is 1. The van der Waals surface area contributed by atoms with E-state index < -0.39 is 0 Å². The van der Waals surface area contributed by atoms with Crippen LogP contribution >= 0.6 is 0 Å². The second-order valence-corrected chi connectivity index (χ2v) is 7.99. The molecule has 3 saturated carbocycles. The first-order valence-corrected chi connectivity index (χ1v) is 8.55. The third-order valence-electron chi connectivity index (χ3n) is 7.45. The summed E-state index contributed by atoms with van der Waals surface area (Å²) in [4.78, 5) is 12.4. The average molecular weight is 278 g/mol. The molecule has 3 fully saturated rings. The van der Waals surface area contributed by atoms with Crippen molar-refractivity contribution in [2.75, 3.05) is 7.11 Å². The Morgan fingerprint density at radius 2 is 1.95 bits per heavy atom. The zero-order chi connectivity index (χ0) is 14.7. The van der Waals surface area contributed by atoms with Crippen molar-refractivity contribution in [2.24, 2.45) is 46.8 Å². The summed E-state index contributed by atoms with van der Waals surface area (Å²) in [6.45, 7) is 9.25. The molecule has 0 aromatic heterocycles. The van der Waals surface area contributed by atoms with Gasteiger partial charge < -0.3 is 4.74 Å². The number of hydrogen-bond donors (Lipinski definition) is 0. The summed E-state index contributed by atoms with van der Waals surface area (Å²) in [5.74, 6) is 5.24. The molecule has 0 aliphatic heterocycles. The molecular formula is C18H30O2. The molecule has 2 heteroatoms. The van der Waals surface area contributed by atoms with Gasteiger partial charge in [0.1, 0.15) is 0 Å². The third kappa shape index (κ3) is 1.60. The van der Waals surface area contributed by atoms with Crippen LogP contribution in [-0.4, -0.2) is 13.1 Å². The van der Waals surface area contributed by atoms with Crippen molar-refractivity contribution < 1.29 is 9.53 Å². The summed E-state index contributed by atoms with van der Waals surface area (Å²) in [5, 5.41) is 0. The molecule has 20 heavy (non-hydrogen) atoms. The minimum Gasteiger partial charge on any atom is -0.469 e. The summed E-state index contributed by atoms with van der Waals surface area (Å²) in [5.41, 5.74) is -0.226. The maximum absolute atomic E-state index is 12.4. The maximum Gasteiger partial charge on any atom is 0.312 e. The third-order valence-corrected chi connectivity index (χ3v) is 7.45. The monoisotopic (exact) mass is 278 g/mol. The second kappa shape index (κ2) is 4.74. The number of esters is 1. The molecule has 8 atom stereocenters. The predicted octanol–water partition coefficient (Wildman–Crippen LogP) is 4.14. The van der Waals surface area contributed by atoms with Gasteiger partial charge >= 0.3 is 5.97 Å². The van der Waals surface area contributed by atoms with E-state index in [1.54, 1.807) is 7.11 Å². The molecule has 0 aromatic carbocycles. The highest BCUT2D eigenvalue weighted by atomic mass is 16.5. The van der Waals surface area contributed by atoms with Gasteiger partial charge in [0.2, 0.25) is 0 Å². The Morgan fingerprint density at radius 3 is 2.55 bits per heavy atom. The van der Waals surface area contributed by atoms with E-state index >= 15 is 0 Å². The lowest BCUT2D eigenvalue weighted by Crippen LogP contribution is -2.47. The number of hydrogen-bond acceptors (Lipinski definition) is 2. The molecule has 0 heterocycles. The highest BCUT2D eigenvalue weighted by molar-refractivity contribution is 5.78. The number of methoxy groups -OCH3 is 1. The van der Waals surface area contributed by atoms with Gasteiger partial charge in [-0.3, -0.25) is 4.79 Å². The molecule has 2 bridgehead atoms. The van der Waals surface area contributed by atoms with Crippen LogP contribution in [0.1, 0.15) is 53.4 Å². The molecule has 2 nitrogen and oxygen atoms in total. The molecule has 0 spiro atoms. The minimum atomic E-state index is -0.226. The van der Waals surface area contributed by atoms with Gasteiger partial charge in [-0.05, 0) is 61.2 Å². The molecule has 0 saturated heterocycles. The van der Waals surface area contributed by atoms with Crippen molar-refractivity contribution in [2.45, 2.75) is 53.4 Å². The lowest BCUT2D eigenvalue weighted by atomic mass is 9.59. The molecule has 0 radical (unpaired) electrons. The second-order valence-electron chi connectivity index (χ2n) is 7.99. The van der Waals surface area contributed by atoms with Gasteiger partial charge in [-0.1, -0.05) is 33.6 Å². The molecular weight excluding hydrogens is 248 g/mol. The van der Waals surface area contributed by atoms with Crippen LogP contribution in [-0.2, 0) is 9.53 Å². The van der Waals surface area contributed by atoms with Crippen molar-refractivity contribution in [1.29, 1.82) is 0 Å². The van der Waals surface area contributed by atoms with E-state index in [-0.39, 0.29) is 11.4 Å². The SMILES string of the molecule is CCCC1CC(C)C2C3CC(C12)C(C)(C(=O)OC)C3C. The van der Waals surface area contributed by atoms with E-state index in [2.05, 4.69) is 27.7 Å². The van der Waals surface area contributed by atoms with Crippen LogP contribution in [0.3, 0.4) is 0 Å². The zero-order valence-electron chi connectivity index (χ0n) is 13.7. The molecule has 3 aliphatic carbocycles. The average Bonchev–Trinajstić information content (AvgIpc) is 3.03. The quantitative estimate of drug-likeness (QED) is 0.725. The van der Waals surface area contributed by atoms with E-state index in [1.165, 1.54) is 25.7 Å². The minimum absolute atomic E-state index is 0.0470. The van der Waals surface area contributed by atoms with Crippen molar-refractivity contribution in [3.05, 3.63) is 0 Å². The summed E-state index contributed by atoms with van der Waals surface area (Å²) >= 11 is 0. The fourth-order valence-electron chi connectivity index (χ4n) is 6.60. The van der Waals surface area contributed by atoms with Crippen molar-refractivity contribution >= 4 is 5.97 Å². The molecule has 0 N–H and O–H groups in total. The van der Waals surface area contributed by atoms with Crippen molar-refractivity contribution in [3.63, 3.8) is 0 Å². The molecule has 0 amide bonds. The normalized spacial score (nSPS) is 53.1. The lowest BCUT2D eigenvalue weighted by Gasteiger charge is -2.45. The molecule has 114 valence electrons. The first kappa shape index (κ1) is 14.4. The van der Waals surface area contributed by atoms with Gasteiger partial charge in [-0.25, -0.2) is 0 Å². The lowest BCUT2D eigenvalue weighted by molar-refractivity contribution is -0.162. The Balaban J connectivity index is 1.94. The van der Waals surface area contributed by atoms with E-state index in [4.69, 9.17) is 4.74 Å². The van der Waals surface area contributed by atoms with Crippen LogP contribution in [0, 0.1) is 46.8 Å². The van der Waals surface area contributed by atoms with Crippen molar-refractivity contribution in [3.8, 4) is 0 Å². The van der Waals surface area contributed by atoms with Crippen LogP contribution in [0.2, 0.25) is 0 Å². The van der Waals surface area contributed by atoms with E-state index in [9.17, 15) is 4.79 Å². The summed E-state index contributed by atoms with van der Waals surface area (Å²) in [6.07, 6.45) is 5.29. The van der Waals surface area contributed by atoms with E-state index in [0.29, 0.717) is 11.8 Å². The number of fused-ring (bicyclic) bond motifs is 5. The predicted molar refractivity (Wildman–Crippen MR) is 80.0 cm³/mol. The highest BCUT2D eigenvalue weighted by Crippen LogP contribution is 2.71. The smallest absolute Gasteiger partial charge is 0.312 e. The van der Waals surface area contributed by atoms with Gasteiger partial charge in [0.05, 0.1) is 12.5 Å². The zero-order valence-corrected chi connectivity index (χ0v) is 13.7. The van der Waals surface area contributed by atoms with Crippen LogP contribution in [0.4, 0.5) is 0 Å². The summed E-state index contributed by atoms with van der Waals surface area (Å²) < 4.78 is 5.19. The highest BCUT2D eigenvalue weighted by Gasteiger charge is 2.68. The molecule has 8 unspecified atom stereocenters. The van der Waals surface area contributed by atoms with Gasteiger partial charge in [0.25, 0.3) is 0 Å². The maximum atomic E-state index is 12.4. The van der Waals surface area contributed by atoms with Gasteiger partial charge in [0.15, 0.2) is 0 Å². The molecule has 3 aliphatic rings. The largest absolute Gasteiger partial charge is 0.469 e. The summed E-state index contributed by atoms with van der Waals surface area (Å²) in [6, 6.07) is 0. The Bertz CT molecular complexity index is 404. The van der Waals surface area contributed by atoms with Crippen molar-refractivity contribution in [1.82, 2.24) is 0 Å². The fraction of sp³-hybridized carbons (Fsp3) is 0.944. The van der Waals surface area contributed by atoms with Crippen LogP contribution in [0.15, 0.2) is 0 Å². The topological polar surface area (TPSA) is 26.3 Å². The Labute approximate surface area is 123 Å². The van der Waals surface area contributed by atoms with Crippen LogP contribution in [0.25, 0.3) is 0 Å². The van der Waals surface area contributed by atoms with Gasteiger partial charge in [-0.15, -0.1) is 0 Å². The van der Waals surface area contributed by atoms with E-state index in [0.717, 1.165) is 29.6 Å².